The van der Waals surface area contributed by atoms with Gasteiger partial charge >= 0.3 is 0 Å². The Labute approximate surface area is 145 Å². The summed E-state index contributed by atoms with van der Waals surface area (Å²) in [6.45, 7) is 7.19. The molecule has 1 fully saturated rings. The van der Waals surface area contributed by atoms with Crippen molar-refractivity contribution in [3.05, 3.63) is 17.7 Å². The SMILES string of the molecule is COc1cc(OC)c(CN2CCC(N)C(C)(C)C2)c(OC)c1.Cl. The van der Waals surface area contributed by atoms with Crippen LogP contribution in [0.1, 0.15) is 25.8 Å². The lowest BCUT2D eigenvalue weighted by Crippen LogP contribution is -2.52. The van der Waals surface area contributed by atoms with E-state index in [1.165, 1.54) is 0 Å². The molecule has 132 valence electrons. The Morgan fingerprint density at radius 3 is 2.13 bits per heavy atom. The second-order valence-corrected chi connectivity index (χ2v) is 6.60. The van der Waals surface area contributed by atoms with Crippen LogP contribution in [0.5, 0.6) is 17.2 Å². The van der Waals surface area contributed by atoms with E-state index in [9.17, 15) is 0 Å². The molecule has 6 heteroatoms. The Bertz CT molecular complexity index is 498. The van der Waals surface area contributed by atoms with Gasteiger partial charge in [-0.1, -0.05) is 13.8 Å². The van der Waals surface area contributed by atoms with E-state index in [2.05, 4.69) is 18.7 Å². The maximum absolute atomic E-state index is 6.23. The Morgan fingerprint density at radius 2 is 1.70 bits per heavy atom. The first kappa shape index (κ1) is 19.9. The zero-order valence-electron chi connectivity index (χ0n) is 14.7. The number of hydrogen-bond donors (Lipinski definition) is 1. The third kappa shape index (κ3) is 4.43. The first-order valence-electron chi connectivity index (χ1n) is 7.68. The minimum absolute atomic E-state index is 0. The fourth-order valence-electron chi connectivity index (χ4n) is 3.08. The van der Waals surface area contributed by atoms with Crippen LogP contribution in [0.2, 0.25) is 0 Å². The van der Waals surface area contributed by atoms with E-state index in [-0.39, 0.29) is 23.9 Å². The molecule has 0 aromatic heterocycles. The quantitative estimate of drug-likeness (QED) is 0.890. The molecule has 0 bridgehead atoms. The van der Waals surface area contributed by atoms with Crippen LogP contribution in [-0.2, 0) is 6.54 Å². The Morgan fingerprint density at radius 1 is 1.13 bits per heavy atom. The largest absolute Gasteiger partial charge is 0.496 e. The van der Waals surface area contributed by atoms with Gasteiger partial charge in [-0.3, -0.25) is 4.90 Å². The maximum atomic E-state index is 6.23. The number of benzene rings is 1. The normalized spacial score (nSPS) is 20.5. The summed E-state index contributed by atoms with van der Waals surface area (Å²) >= 11 is 0. The molecule has 2 N–H and O–H groups in total. The second-order valence-electron chi connectivity index (χ2n) is 6.60. The summed E-state index contributed by atoms with van der Waals surface area (Å²) < 4.78 is 16.4. The van der Waals surface area contributed by atoms with Gasteiger partial charge in [0, 0.05) is 37.8 Å². The van der Waals surface area contributed by atoms with Crippen molar-refractivity contribution < 1.29 is 14.2 Å². The maximum Gasteiger partial charge on any atom is 0.130 e. The molecule has 1 heterocycles. The van der Waals surface area contributed by atoms with Gasteiger partial charge in [0.2, 0.25) is 0 Å². The van der Waals surface area contributed by atoms with Gasteiger partial charge in [-0.05, 0) is 11.8 Å². The second kappa shape index (κ2) is 8.08. The topological polar surface area (TPSA) is 57.0 Å². The summed E-state index contributed by atoms with van der Waals surface area (Å²) in [6.07, 6.45) is 1.01. The molecular formula is C17H29ClN2O3. The van der Waals surface area contributed by atoms with E-state index in [1.807, 2.05) is 12.1 Å². The summed E-state index contributed by atoms with van der Waals surface area (Å²) in [5.74, 6) is 2.33. The number of nitrogens with two attached hydrogens (primary N) is 1. The van der Waals surface area contributed by atoms with Gasteiger partial charge < -0.3 is 19.9 Å². The van der Waals surface area contributed by atoms with Crippen molar-refractivity contribution in [1.29, 1.82) is 0 Å². The van der Waals surface area contributed by atoms with Crippen molar-refractivity contribution in [1.82, 2.24) is 4.90 Å². The van der Waals surface area contributed by atoms with Crippen LogP contribution < -0.4 is 19.9 Å². The van der Waals surface area contributed by atoms with E-state index in [0.717, 1.165) is 48.9 Å². The zero-order valence-corrected chi connectivity index (χ0v) is 15.5. The molecule has 1 unspecified atom stereocenters. The van der Waals surface area contributed by atoms with Gasteiger partial charge in [-0.2, -0.15) is 0 Å². The predicted octanol–water partition coefficient (Wildman–Crippen LogP) is 2.69. The molecule has 1 aliphatic rings. The number of likely N-dealkylation sites (tertiary alicyclic amines) is 1. The predicted molar refractivity (Wildman–Crippen MR) is 95.0 cm³/mol. The Balaban J connectivity index is 0.00000264. The lowest BCUT2D eigenvalue weighted by molar-refractivity contribution is 0.0885. The molecule has 0 aliphatic carbocycles. The van der Waals surface area contributed by atoms with E-state index in [0.29, 0.717) is 0 Å². The molecule has 23 heavy (non-hydrogen) atoms. The molecule has 0 radical (unpaired) electrons. The van der Waals surface area contributed by atoms with Gasteiger partial charge in [0.1, 0.15) is 17.2 Å². The van der Waals surface area contributed by atoms with Gasteiger partial charge in [0.15, 0.2) is 0 Å². The Kier molecular flexibility index (Phi) is 6.99. The van der Waals surface area contributed by atoms with Crippen LogP contribution in [0.3, 0.4) is 0 Å². The standard InChI is InChI=1S/C17H28N2O3.ClH/c1-17(2)11-19(7-6-16(17)18)10-13-14(21-4)8-12(20-3)9-15(13)22-5;/h8-9,16H,6-7,10-11,18H2,1-5H3;1H. The van der Waals surface area contributed by atoms with Gasteiger partial charge in [0.25, 0.3) is 0 Å². The number of hydrogen-bond acceptors (Lipinski definition) is 5. The van der Waals surface area contributed by atoms with Crippen molar-refractivity contribution in [2.75, 3.05) is 34.4 Å². The van der Waals surface area contributed by atoms with E-state index in [1.54, 1.807) is 21.3 Å². The molecule has 0 saturated carbocycles. The van der Waals surface area contributed by atoms with E-state index in [4.69, 9.17) is 19.9 Å². The third-order valence-electron chi connectivity index (χ3n) is 4.59. The number of methoxy groups -OCH3 is 3. The molecule has 1 aromatic carbocycles. The van der Waals surface area contributed by atoms with Crippen molar-refractivity contribution in [2.45, 2.75) is 32.9 Å². The van der Waals surface area contributed by atoms with E-state index >= 15 is 0 Å². The minimum Gasteiger partial charge on any atom is -0.496 e. The summed E-state index contributed by atoms with van der Waals surface area (Å²) in [5.41, 5.74) is 7.39. The highest BCUT2D eigenvalue weighted by Gasteiger charge is 2.34. The molecule has 1 saturated heterocycles. The molecule has 1 atom stereocenters. The third-order valence-corrected chi connectivity index (χ3v) is 4.59. The highest BCUT2D eigenvalue weighted by atomic mass is 35.5. The van der Waals surface area contributed by atoms with Crippen molar-refractivity contribution in [3.63, 3.8) is 0 Å². The van der Waals surface area contributed by atoms with Crippen molar-refractivity contribution >= 4 is 12.4 Å². The van der Waals surface area contributed by atoms with Crippen LogP contribution in [0.4, 0.5) is 0 Å². The molecule has 0 spiro atoms. The molecule has 1 aliphatic heterocycles. The fourth-order valence-corrected chi connectivity index (χ4v) is 3.08. The highest BCUT2D eigenvalue weighted by Crippen LogP contribution is 2.36. The van der Waals surface area contributed by atoms with Gasteiger partial charge in [-0.15, -0.1) is 12.4 Å². The summed E-state index contributed by atoms with van der Waals surface area (Å²) in [4.78, 5) is 2.41. The molecule has 0 amide bonds. The minimum atomic E-state index is 0. The van der Waals surface area contributed by atoms with Crippen LogP contribution in [0.25, 0.3) is 0 Å². The van der Waals surface area contributed by atoms with Crippen LogP contribution in [-0.4, -0.2) is 45.4 Å². The van der Waals surface area contributed by atoms with Crippen LogP contribution in [0, 0.1) is 5.41 Å². The summed E-state index contributed by atoms with van der Waals surface area (Å²) in [7, 11) is 4.99. The monoisotopic (exact) mass is 344 g/mol. The number of piperidine rings is 1. The Hall–Kier alpha value is -1.17. The lowest BCUT2D eigenvalue weighted by Gasteiger charge is -2.42. The molecule has 5 nitrogen and oxygen atoms in total. The number of halogens is 1. The molecule has 2 rings (SSSR count). The van der Waals surface area contributed by atoms with Crippen LogP contribution in [0.15, 0.2) is 12.1 Å². The van der Waals surface area contributed by atoms with E-state index < -0.39 is 0 Å². The highest BCUT2D eigenvalue weighted by molar-refractivity contribution is 5.85. The van der Waals surface area contributed by atoms with Crippen molar-refractivity contribution in [2.24, 2.45) is 11.1 Å². The van der Waals surface area contributed by atoms with Crippen LogP contribution >= 0.6 is 12.4 Å². The average Bonchev–Trinajstić information content (AvgIpc) is 2.50. The summed E-state index contributed by atoms with van der Waals surface area (Å²) in [5, 5.41) is 0. The zero-order chi connectivity index (χ0) is 16.3. The lowest BCUT2D eigenvalue weighted by atomic mass is 9.79. The van der Waals surface area contributed by atoms with Gasteiger partial charge in [-0.25, -0.2) is 0 Å². The van der Waals surface area contributed by atoms with Crippen molar-refractivity contribution in [3.8, 4) is 17.2 Å². The molecule has 1 aromatic rings. The fraction of sp³-hybridized carbons (Fsp3) is 0.647. The smallest absolute Gasteiger partial charge is 0.130 e. The summed E-state index contributed by atoms with van der Waals surface area (Å²) in [6, 6.07) is 4.06. The first-order valence-corrected chi connectivity index (χ1v) is 7.68. The average molecular weight is 345 g/mol. The molecular weight excluding hydrogens is 316 g/mol. The number of nitrogens with zero attached hydrogens (tertiary/aromatic N) is 1. The number of ether oxygens (including phenoxy) is 3. The number of rotatable bonds is 5. The van der Waals surface area contributed by atoms with Gasteiger partial charge in [0.05, 0.1) is 26.9 Å². The first-order chi connectivity index (χ1) is 10.4.